The molecule has 2 N–H and O–H groups in total. The van der Waals surface area contributed by atoms with E-state index in [9.17, 15) is 0 Å². The highest BCUT2D eigenvalue weighted by molar-refractivity contribution is 5.79. The summed E-state index contributed by atoms with van der Waals surface area (Å²) in [6, 6.07) is 6.36. The summed E-state index contributed by atoms with van der Waals surface area (Å²) in [4.78, 5) is 4.57. The smallest absolute Gasteiger partial charge is 0.126 e. The molecular weight excluding hydrogens is 174 g/mol. The Morgan fingerprint density at radius 1 is 1.50 bits per heavy atom. The molecule has 1 aromatic heterocycles. The first-order valence-corrected chi connectivity index (χ1v) is 4.98. The van der Waals surface area contributed by atoms with Crippen LogP contribution in [0.5, 0.6) is 0 Å². The molecule has 2 aromatic rings. The van der Waals surface area contributed by atoms with Crippen molar-refractivity contribution in [3.63, 3.8) is 0 Å². The monoisotopic (exact) mass is 187 g/mol. The second kappa shape index (κ2) is 2.58. The van der Waals surface area contributed by atoms with Gasteiger partial charge in [-0.3, -0.25) is 0 Å². The highest BCUT2D eigenvalue weighted by Crippen LogP contribution is 2.29. The maximum atomic E-state index is 5.98. The fourth-order valence-electron chi connectivity index (χ4n) is 2.29. The maximum Gasteiger partial charge on any atom is 0.126 e. The molecule has 3 nitrogen and oxygen atoms in total. The van der Waals surface area contributed by atoms with Gasteiger partial charge in [0, 0.05) is 6.54 Å². The van der Waals surface area contributed by atoms with E-state index in [-0.39, 0.29) is 6.04 Å². The highest BCUT2D eigenvalue weighted by Gasteiger charge is 2.23. The summed E-state index contributed by atoms with van der Waals surface area (Å²) < 4.78 is 2.26. The largest absolute Gasteiger partial charge is 0.326 e. The second-order valence-corrected chi connectivity index (χ2v) is 3.96. The molecule has 0 bridgehead atoms. The molecule has 14 heavy (non-hydrogen) atoms. The van der Waals surface area contributed by atoms with E-state index < -0.39 is 0 Å². The number of hydrogen-bond acceptors (Lipinski definition) is 2. The normalized spacial score (nSPS) is 20.3. The summed E-state index contributed by atoms with van der Waals surface area (Å²) in [5.41, 5.74) is 9.60. The van der Waals surface area contributed by atoms with Crippen molar-refractivity contribution in [2.75, 3.05) is 0 Å². The lowest BCUT2D eigenvalue weighted by Crippen LogP contribution is -2.06. The number of para-hydroxylation sites is 1. The van der Waals surface area contributed by atoms with E-state index >= 15 is 0 Å². The van der Waals surface area contributed by atoms with Crippen LogP contribution < -0.4 is 5.73 Å². The van der Waals surface area contributed by atoms with E-state index in [2.05, 4.69) is 28.6 Å². The molecule has 1 aliphatic heterocycles. The van der Waals surface area contributed by atoms with Crippen molar-refractivity contribution in [2.45, 2.75) is 25.9 Å². The Bertz CT molecular complexity index is 498. The zero-order valence-electron chi connectivity index (χ0n) is 8.20. The second-order valence-electron chi connectivity index (χ2n) is 3.96. The summed E-state index contributed by atoms with van der Waals surface area (Å²) in [7, 11) is 0. The summed E-state index contributed by atoms with van der Waals surface area (Å²) in [5.74, 6) is 1.05. The van der Waals surface area contributed by atoms with E-state index in [1.54, 1.807) is 0 Å². The first kappa shape index (κ1) is 8.00. The molecule has 0 amide bonds. The molecule has 0 radical (unpaired) electrons. The molecule has 2 heterocycles. The van der Waals surface area contributed by atoms with Crippen LogP contribution in [0.3, 0.4) is 0 Å². The molecule has 3 rings (SSSR count). The van der Waals surface area contributed by atoms with Crippen molar-refractivity contribution in [2.24, 2.45) is 5.73 Å². The van der Waals surface area contributed by atoms with Gasteiger partial charge >= 0.3 is 0 Å². The lowest BCUT2D eigenvalue weighted by molar-refractivity contribution is 0.685. The number of aromatic nitrogens is 2. The Morgan fingerprint density at radius 3 is 3.21 bits per heavy atom. The summed E-state index contributed by atoms with van der Waals surface area (Å²) in [5, 5.41) is 0. The number of hydrogen-bond donors (Lipinski definition) is 1. The van der Waals surface area contributed by atoms with Crippen molar-refractivity contribution in [3.05, 3.63) is 29.6 Å². The predicted octanol–water partition coefficient (Wildman–Crippen LogP) is 1.75. The SMILES string of the molecule is Cc1cccc2nc3n(c12)CCC3N. The van der Waals surface area contributed by atoms with Crippen LogP contribution in [-0.4, -0.2) is 9.55 Å². The van der Waals surface area contributed by atoms with E-state index in [4.69, 9.17) is 5.73 Å². The number of nitrogens with two attached hydrogens (primary N) is 1. The molecule has 1 atom stereocenters. The van der Waals surface area contributed by atoms with Crippen LogP contribution in [0.25, 0.3) is 11.0 Å². The van der Waals surface area contributed by atoms with Gasteiger partial charge in [-0.1, -0.05) is 12.1 Å². The molecule has 1 aromatic carbocycles. The third-order valence-electron chi connectivity index (χ3n) is 2.99. The number of rotatable bonds is 0. The Kier molecular flexibility index (Phi) is 1.47. The molecule has 1 unspecified atom stereocenters. The van der Waals surface area contributed by atoms with Gasteiger partial charge in [-0.05, 0) is 25.0 Å². The van der Waals surface area contributed by atoms with Gasteiger partial charge in [0.15, 0.2) is 0 Å². The number of imidazole rings is 1. The quantitative estimate of drug-likeness (QED) is 0.682. The molecule has 0 fully saturated rings. The van der Waals surface area contributed by atoms with Crippen molar-refractivity contribution in [1.29, 1.82) is 0 Å². The number of aryl methyl sites for hydroxylation is 2. The lowest BCUT2D eigenvalue weighted by atomic mass is 10.2. The van der Waals surface area contributed by atoms with E-state index in [0.717, 1.165) is 24.3 Å². The Balaban J connectivity index is 2.41. The number of fused-ring (bicyclic) bond motifs is 3. The summed E-state index contributed by atoms with van der Waals surface area (Å²) >= 11 is 0. The van der Waals surface area contributed by atoms with Crippen molar-refractivity contribution >= 4 is 11.0 Å². The van der Waals surface area contributed by atoms with Crippen LogP contribution in [0.4, 0.5) is 0 Å². The van der Waals surface area contributed by atoms with Crippen molar-refractivity contribution < 1.29 is 0 Å². The minimum Gasteiger partial charge on any atom is -0.326 e. The molecule has 72 valence electrons. The van der Waals surface area contributed by atoms with Gasteiger partial charge in [0.25, 0.3) is 0 Å². The molecule has 0 saturated heterocycles. The fourth-order valence-corrected chi connectivity index (χ4v) is 2.29. The standard InChI is InChI=1S/C11H13N3/c1-7-3-2-4-9-10(7)14-6-5-8(12)11(14)13-9/h2-4,8H,5-6,12H2,1H3. The Labute approximate surface area is 82.5 Å². The van der Waals surface area contributed by atoms with Gasteiger partial charge in [-0.2, -0.15) is 0 Å². The first-order chi connectivity index (χ1) is 6.77. The van der Waals surface area contributed by atoms with Gasteiger partial charge in [0.05, 0.1) is 17.1 Å². The number of benzene rings is 1. The molecule has 1 aliphatic rings. The third-order valence-corrected chi connectivity index (χ3v) is 2.99. The molecule has 3 heteroatoms. The van der Waals surface area contributed by atoms with Crippen LogP contribution in [-0.2, 0) is 6.54 Å². The van der Waals surface area contributed by atoms with Crippen LogP contribution in [0, 0.1) is 6.92 Å². The third kappa shape index (κ3) is 0.876. The minimum absolute atomic E-state index is 0.127. The Hall–Kier alpha value is -1.35. The highest BCUT2D eigenvalue weighted by atomic mass is 15.1. The average molecular weight is 187 g/mol. The molecular formula is C11H13N3. The van der Waals surface area contributed by atoms with Crippen LogP contribution in [0.15, 0.2) is 18.2 Å². The van der Waals surface area contributed by atoms with Gasteiger partial charge in [0.1, 0.15) is 5.82 Å². The minimum atomic E-state index is 0.127. The Morgan fingerprint density at radius 2 is 2.36 bits per heavy atom. The van der Waals surface area contributed by atoms with E-state index in [1.165, 1.54) is 11.1 Å². The average Bonchev–Trinajstić information content (AvgIpc) is 2.68. The first-order valence-electron chi connectivity index (χ1n) is 4.98. The lowest BCUT2D eigenvalue weighted by Gasteiger charge is -2.00. The molecule has 0 spiro atoms. The zero-order chi connectivity index (χ0) is 9.71. The van der Waals surface area contributed by atoms with Gasteiger partial charge in [-0.15, -0.1) is 0 Å². The van der Waals surface area contributed by atoms with Crippen molar-refractivity contribution in [1.82, 2.24) is 9.55 Å². The van der Waals surface area contributed by atoms with Gasteiger partial charge < -0.3 is 10.3 Å². The topological polar surface area (TPSA) is 43.8 Å². The van der Waals surface area contributed by atoms with E-state index in [1.807, 2.05) is 6.07 Å². The van der Waals surface area contributed by atoms with Gasteiger partial charge in [0.2, 0.25) is 0 Å². The maximum absolute atomic E-state index is 5.98. The summed E-state index contributed by atoms with van der Waals surface area (Å²) in [6.07, 6.45) is 1.02. The van der Waals surface area contributed by atoms with E-state index in [0.29, 0.717) is 0 Å². The fraction of sp³-hybridized carbons (Fsp3) is 0.364. The van der Waals surface area contributed by atoms with Crippen molar-refractivity contribution in [3.8, 4) is 0 Å². The molecule has 0 saturated carbocycles. The zero-order valence-corrected chi connectivity index (χ0v) is 8.20. The predicted molar refractivity (Wildman–Crippen MR) is 56.0 cm³/mol. The van der Waals surface area contributed by atoms with Crippen LogP contribution in [0.2, 0.25) is 0 Å². The number of nitrogens with zero attached hydrogens (tertiary/aromatic N) is 2. The van der Waals surface area contributed by atoms with Crippen LogP contribution >= 0.6 is 0 Å². The van der Waals surface area contributed by atoms with Gasteiger partial charge in [-0.25, -0.2) is 4.98 Å². The summed E-state index contributed by atoms with van der Waals surface area (Å²) in [6.45, 7) is 3.14. The van der Waals surface area contributed by atoms with Crippen LogP contribution in [0.1, 0.15) is 23.9 Å². The molecule has 0 aliphatic carbocycles.